The summed E-state index contributed by atoms with van der Waals surface area (Å²) in [7, 11) is 0. The monoisotopic (exact) mass is 283 g/mol. The number of carbonyl (C=O) groups is 1. The van der Waals surface area contributed by atoms with E-state index in [2.05, 4.69) is 15.2 Å². The molecule has 1 aromatic rings. The Bertz CT molecular complexity index is 465. The maximum Gasteiger partial charge on any atom is 0.355 e. The number of nitrogens with one attached hydrogen (secondary N) is 1. The van der Waals surface area contributed by atoms with Crippen molar-refractivity contribution in [2.45, 2.75) is 25.0 Å². The van der Waals surface area contributed by atoms with Crippen LogP contribution in [0.25, 0.3) is 0 Å². The van der Waals surface area contributed by atoms with Crippen molar-refractivity contribution in [1.82, 2.24) is 9.88 Å². The molecule has 2 aliphatic rings. The molecule has 104 valence electrons. The van der Waals surface area contributed by atoms with Crippen LogP contribution in [0.2, 0.25) is 0 Å². The molecule has 2 aliphatic heterocycles. The molecule has 2 atom stereocenters. The first-order valence-corrected chi connectivity index (χ1v) is 7.38. The van der Waals surface area contributed by atoms with E-state index in [1.807, 2.05) is 0 Å². The zero-order valence-corrected chi connectivity index (χ0v) is 11.4. The fraction of sp³-hybridized carbons (Fsp3) is 0.667. The Morgan fingerprint density at radius 2 is 2.58 bits per heavy atom. The highest BCUT2D eigenvalue weighted by Crippen LogP contribution is 2.23. The molecule has 0 radical (unpaired) electrons. The number of thiazole rings is 1. The Hall–Kier alpha value is -1.18. The van der Waals surface area contributed by atoms with Gasteiger partial charge in [0, 0.05) is 24.5 Å². The van der Waals surface area contributed by atoms with E-state index >= 15 is 0 Å². The minimum atomic E-state index is -0.988. The van der Waals surface area contributed by atoms with Crippen LogP contribution in [0.3, 0.4) is 0 Å². The summed E-state index contributed by atoms with van der Waals surface area (Å²) in [4.78, 5) is 17.2. The van der Waals surface area contributed by atoms with Crippen molar-refractivity contribution in [3.8, 4) is 0 Å². The molecular weight excluding hydrogens is 266 g/mol. The number of rotatable bonds is 4. The summed E-state index contributed by atoms with van der Waals surface area (Å²) in [5.41, 5.74) is 0.0941. The Morgan fingerprint density at radius 3 is 3.37 bits per heavy atom. The molecule has 0 spiro atoms. The van der Waals surface area contributed by atoms with Crippen LogP contribution in [0.15, 0.2) is 5.38 Å². The van der Waals surface area contributed by atoms with Crippen LogP contribution in [0.5, 0.6) is 0 Å². The first kappa shape index (κ1) is 12.8. The maximum atomic E-state index is 10.7. The molecule has 2 saturated heterocycles. The van der Waals surface area contributed by atoms with Gasteiger partial charge in [-0.05, 0) is 19.4 Å². The standard InChI is InChI=1S/C12H17N3O3S/c16-11(17)10-7-19-12(14-10)13-4-9-5-15-3-1-2-8(15)6-18-9/h7-9H,1-6H2,(H,13,14)(H,16,17). The fourth-order valence-electron chi connectivity index (χ4n) is 2.66. The lowest BCUT2D eigenvalue weighted by atomic mass is 10.2. The van der Waals surface area contributed by atoms with Crippen molar-refractivity contribution in [3.05, 3.63) is 11.1 Å². The van der Waals surface area contributed by atoms with Crippen LogP contribution < -0.4 is 5.32 Å². The average molecular weight is 283 g/mol. The second-order valence-corrected chi connectivity index (χ2v) is 5.83. The molecule has 0 aromatic carbocycles. The highest BCUT2D eigenvalue weighted by Gasteiger charge is 2.32. The second-order valence-electron chi connectivity index (χ2n) is 4.97. The van der Waals surface area contributed by atoms with Crippen LogP contribution in [0.1, 0.15) is 23.3 Å². The first-order chi connectivity index (χ1) is 9.22. The van der Waals surface area contributed by atoms with Gasteiger partial charge >= 0.3 is 5.97 Å². The molecule has 0 aliphatic carbocycles. The zero-order chi connectivity index (χ0) is 13.2. The predicted octanol–water partition coefficient (Wildman–Crippen LogP) is 1.12. The number of fused-ring (bicyclic) bond motifs is 1. The minimum absolute atomic E-state index is 0.0941. The van der Waals surface area contributed by atoms with Gasteiger partial charge in [-0.15, -0.1) is 11.3 Å². The van der Waals surface area contributed by atoms with Gasteiger partial charge in [-0.25, -0.2) is 9.78 Å². The molecule has 2 fully saturated rings. The van der Waals surface area contributed by atoms with Crippen molar-refractivity contribution in [2.75, 3.05) is 31.6 Å². The Morgan fingerprint density at radius 1 is 1.68 bits per heavy atom. The Kier molecular flexibility index (Phi) is 3.67. The van der Waals surface area contributed by atoms with E-state index in [1.54, 1.807) is 5.38 Å². The summed E-state index contributed by atoms with van der Waals surface area (Å²) < 4.78 is 5.82. The number of ether oxygens (including phenoxy) is 1. The van der Waals surface area contributed by atoms with E-state index in [-0.39, 0.29) is 11.8 Å². The van der Waals surface area contributed by atoms with Gasteiger partial charge in [0.15, 0.2) is 10.8 Å². The van der Waals surface area contributed by atoms with Gasteiger partial charge in [0.1, 0.15) is 0 Å². The fourth-order valence-corrected chi connectivity index (χ4v) is 3.36. The topological polar surface area (TPSA) is 74.7 Å². The number of hydrogen-bond donors (Lipinski definition) is 2. The number of hydrogen-bond acceptors (Lipinski definition) is 6. The number of morpholine rings is 1. The minimum Gasteiger partial charge on any atom is -0.476 e. The van der Waals surface area contributed by atoms with Gasteiger partial charge in [-0.1, -0.05) is 0 Å². The van der Waals surface area contributed by atoms with Gasteiger partial charge in [0.25, 0.3) is 0 Å². The predicted molar refractivity (Wildman–Crippen MR) is 71.9 cm³/mol. The lowest BCUT2D eigenvalue weighted by molar-refractivity contribution is -0.0415. The van der Waals surface area contributed by atoms with E-state index in [0.29, 0.717) is 17.7 Å². The summed E-state index contributed by atoms with van der Waals surface area (Å²) in [5, 5.41) is 14.2. The molecule has 3 rings (SSSR count). The Labute approximate surface area is 115 Å². The smallest absolute Gasteiger partial charge is 0.355 e. The molecule has 2 N–H and O–H groups in total. The third-order valence-corrected chi connectivity index (χ3v) is 4.47. The molecule has 0 saturated carbocycles. The van der Waals surface area contributed by atoms with Crippen LogP contribution in [0, 0.1) is 0 Å². The van der Waals surface area contributed by atoms with Crippen LogP contribution in [0.4, 0.5) is 5.13 Å². The highest BCUT2D eigenvalue weighted by molar-refractivity contribution is 7.13. The summed E-state index contributed by atoms with van der Waals surface area (Å²) in [5.74, 6) is -0.988. The third-order valence-electron chi connectivity index (χ3n) is 3.67. The number of aromatic nitrogens is 1. The van der Waals surface area contributed by atoms with Gasteiger partial charge in [0.2, 0.25) is 0 Å². The SMILES string of the molecule is O=C(O)c1csc(NCC2CN3CCCC3CO2)n1. The molecule has 1 aromatic heterocycles. The number of aromatic carboxylic acids is 1. The second kappa shape index (κ2) is 5.44. The molecule has 19 heavy (non-hydrogen) atoms. The molecular formula is C12H17N3O3S. The highest BCUT2D eigenvalue weighted by atomic mass is 32.1. The maximum absolute atomic E-state index is 10.7. The van der Waals surface area contributed by atoms with Gasteiger partial charge in [-0.3, -0.25) is 4.90 Å². The number of carboxylic acids is 1. The summed E-state index contributed by atoms with van der Waals surface area (Å²) in [6.07, 6.45) is 2.67. The largest absolute Gasteiger partial charge is 0.476 e. The molecule has 0 bridgehead atoms. The van der Waals surface area contributed by atoms with Crippen LogP contribution in [-0.4, -0.2) is 59.3 Å². The normalized spacial score (nSPS) is 27.2. The number of anilines is 1. The van der Waals surface area contributed by atoms with Gasteiger partial charge in [0.05, 0.1) is 12.7 Å². The molecule has 7 heteroatoms. The quantitative estimate of drug-likeness (QED) is 0.862. The van der Waals surface area contributed by atoms with E-state index in [9.17, 15) is 4.79 Å². The first-order valence-electron chi connectivity index (χ1n) is 6.51. The summed E-state index contributed by atoms with van der Waals surface area (Å²) in [6.45, 7) is 3.61. The summed E-state index contributed by atoms with van der Waals surface area (Å²) >= 11 is 1.31. The Balaban J connectivity index is 1.50. The van der Waals surface area contributed by atoms with E-state index in [4.69, 9.17) is 9.84 Å². The number of carboxylic acid groups (broad SMARTS) is 1. The summed E-state index contributed by atoms with van der Waals surface area (Å²) in [6, 6.07) is 0.606. The van der Waals surface area contributed by atoms with Crippen molar-refractivity contribution in [3.63, 3.8) is 0 Å². The molecule has 6 nitrogen and oxygen atoms in total. The zero-order valence-electron chi connectivity index (χ0n) is 10.5. The van der Waals surface area contributed by atoms with Crippen molar-refractivity contribution in [1.29, 1.82) is 0 Å². The van der Waals surface area contributed by atoms with E-state index in [1.165, 1.54) is 30.7 Å². The van der Waals surface area contributed by atoms with Crippen molar-refractivity contribution >= 4 is 22.4 Å². The molecule has 0 amide bonds. The van der Waals surface area contributed by atoms with Crippen LogP contribution >= 0.6 is 11.3 Å². The van der Waals surface area contributed by atoms with Crippen molar-refractivity contribution in [2.24, 2.45) is 0 Å². The van der Waals surface area contributed by atoms with Crippen molar-refractivity contribution < 1.29 is 14.6 Å². The van der Waals surface area contributed by atoms with E-state index in [0.717, 1.165) is 13.2 Å². The number of nitrogens with zero attached hydrogens (tertiary/aromatic N) is 2. The molecule has 2 unspecified atom stereocenters. The average Bonchev–Trinajstić information content (AvgIpc) is 3.04. The van der Waals surface area contributed by atoms with Crippen LogP contribution in [-0.2, 0) is 4.74 Å². The molecule has 3 heterocycles. The lowest BCUT2D eigenvalue weighted by Gasteiger charge is -2.35. The van der Waals surface area contributed by atoms with E-state index < -0.39 is 5.97 Å². The lowest BCUT2D eigenvalue weighted by Crippen LogP contribution is -2.48. The van der Waals surface area contributed by atoms with Gasteiger partial charge in [-0.2, -0.15) is 0 Å². The van der Waals surface area contributed by atoms with Gasteiger partial charge < -0.3 is 15.2 Å². The third kappa shape index (κ3) is 2.88.